The van der Waals surface area contributed by atoms with Gasteiger partial charge in [-0.1, -0.05) is 0 Å². The first-order chi connectivity index (χ1) is 8.54. The number of nitrogens with zero attached hydrogens (tertiary/aromatic N) is 2. The second-order valence-electron chi connectivity index (χ2n) is 3.11. The van der Waals surface area contributed by atoms with Crippen LogP contribution in [-0.2, 0) is 4.74 Å². The molecule has 0 radical (unpaired) electrons. The van der Waals surface area contributed by atoms with Crippen LogP contribution in [0.25, 0.3) is 0 Å². The second-order valence-corrected chi connectivity index (χ2v) is 3.11. The van der Waals surface area contributed by atoms with Crippen LogP contribution in [0.3, 0.4) is 0 Å². The van der Waals surface area contributed by atoms with Crippen LogP contribution >= 0.6 is 0 Å². The number of halogens is 2. The number of alkyl halides is 2. The molecule has 0 amide bonds. The maximum atomic E-state index is 12.9. The first-order valence-electron chi connectivity index (χ1n) is 4.99. The second kappa shape index (κ2) is 5.91. The van der Waals surface area contributed by atoms with Crippen LogP contribution in [0.4, 0.5) is 8.78 Å². The average molecular weight is 256 g/mol. The lowest BCUT2D eigenvalue weighted by molar-refractivity contribution is 0.0513. The van der Waals surface area contributed by atoms with Crippen molar-refractivity contribution in [2.75, 3.05) is 13.7 Å². The molecule has 5 nitrogen and oxygen atoms in total. The first kappa shape index (κ1) is 13.8. The van der Waals surface area contributed by atoms with Crippen molar-refractivity contribution in [2.45, 2.75) is 13.3 Å². The quantitative estimate of drug-likeness (QED) is 0.771. The number of hydrogen-bond donors (Lipinski definition) is 0. The maximum Gasteiger partial charge on any atom is 0.338 e. The van der Waals surface area contributed by atoms with Gasteiger partial charge in [-0.05, 0) is 13.0 Å². The third-order valence-corrected chi connectivity index (χ3v) is 2.05. The molecular formula is C11H10F2N2O3. The summed E-state index contributed by atoms with van der Waals surface area (Å²) in [7, 11) is 1.13. The molecule has 0 spiro atoms. The van der Waals surface area contributed by atoms with E-state index in [4.69, 9.17) is 5.26 Å². The molecule has 1 aromatic heterocycles. The van der Waals surface area contributed by atoms with Gasteiger partial charge >= 0.3 is 5.97 Å². The van der Waals surface area contributed by atoms with E-state index in [2.05, 4.69) is 14.5 Å². The van der Waals surface area contributed by atoms with Crippen LogP contribution in [-0.4, -0.2) is 24.7 Å². The Labute approximate surface area is 102 Å². The summed E-state index contributed by atoms with van der Waals surface area (Å²) in [4.78, 5) is 15.1. The Balaban J connectivity index is 3.45. The van der Waals surface area contributed by atoms with Crippen molar-refractivity contribution in [2.24, 2.45) is 0 Å². The third kappa shape index (κ3) is 2.71. The summed E-state index contributed by atoms with van der Waals surface area (Å²) in [5.74, 6) is -1.39. The zero-order chi connectivity index (χ0) is 13.7. The Bertz CT molecular complexity index is 498. The molecule has 0 fully saturated rings. The van der Waals surface area contributed by atoms with Crippen LogP contribution in [0.15, 0.2) is 6.07 Å². The molecule has 0 aliphatic heterocycles. The van der Waals surface area contributed by atoms with Gasteiger partial charge in [0, 0.05) is 0 Å². The predicted molar refractivity (Wildman–Crippen MR) is 56.4 cm³/mol. The predicted octanol–water partition coefficient (Wildman–Crippen LogP) is 2.08. The molecule has 0 aromatic carbocycles. The van der Waals surface area contributed by atoms with Gasteiger partial charge in [0.25, 0.3) is 6.43 Å². The fourth-order valence-corrected chi connectivity index (χ4v) is 1.33. The zero-order valence-electron chi connectivity index (χ0n) is 9.74. The number of ether oxygens (including phenoxy) is 2. The topological polar surface area (TPSA) is 72.2 Å². The van der Waals surface area contributed by atoms with Crippen molar-refractivity contribution in [1.29, 1.82) is 5.26 Å². The summed E-state index contributed by atoms with van der Waals surface area (Å²) >= 11 is 0. The minimum atomic E-state index is -2.96. The molecule has 1 aromatic rings. The smallest absolute Gasteiger partial charge is 0.338 e. The van der Waals surface area contributed by atoms with Gasteiger partial charge in [0.2, 0.25) is 5.88 Å². The Kier molecular flexibility index (Phi) is 4.54. The van der Waals surface area contributed by atoms with Gasteiger partial charge in [-0.3, -0.25) is 0 Å². The SMILES string of the molecule is CCOC(=O)c1cc(C#N)nc(OC)c1C(F)F. The normalized spacial score (nSPS) is 10.0. The largest absolute Gasteiger partial charge is 0.481 e. The minimum Gasteiger partial charge on any atom is -0.481 e. The van der Waals surface area contributed by atoms with E-state index < -0.39 is 29.4 Å². The molecule has 0 saturated carbocycles. The summed E-state index contributed by atoms with van der Waals surface area (Å²) in [5.41, 5.74) is -1.27. The molecule has 96 valence electrons. The van der Waals surface area contributed by atoms with Gasteiger partial charge in [0.15, 0.2) is 0 Å². The number of rotatable bonds is 4. The number of esters is 1. The highest BCUT2D eigenvalue weighted by molar-refractivity contribution is 5.92. The third-order valence-electron chi connectivity index (χ3n) is 2.05. The summed E-state index contributed by atoms with van der Waals surface area (Å²) in [5, 5.41) is 8.72. The maximum absolute atomic E-state index is 12.9. The lowest BCUT2D eigenvalue weighted by atomic mass is 10.1. The molecule has 0 atom stereocenters. The summed E-state index contributed by atoms with van der Waals surface area (Å²) < 4.78 is 35.1. The van der Waals surface area contributed by atoms with E-state index in [9.17, 15) is 13.6 Å². The fraction of sp³-hybridized carbons (Fsp3) is 0.364. The van der Waals surface area contributed by atoms with Crippen molar-refractivity contribution in [1.82, 2.24) is 4.98 Å². The fourth-order valence-electron chi connectivity index (χ4n) is 1.33. The highest BCUT2D eigenvalue weighted by Gasteiger charge is 2.26. The molecule has 1 rings (SSSR count). The average Bonchev–Trinajstić information content (AvgIpc) is 2.36. The molecule has 18 heavy (non-hydrogen) atoms. The summed E-state index contributed by atoms with van der Waals surface area (Å²) in [6.45, 7) is 1.58. The van der Waals surface area contributed by atoms with E-state index in [1.54, 1.807) is 13.0 Å². The van der Waals surface area contributed by atoms with E-state index in [-0.39, 0.29) is 12.3 Å². The molecule has 0 bridgehead atoms. The Morgan fingerprint density at radius 1 is 1.61 bits per heavy atom. The number of methoxy groups -OCH3 is 1. The Hall–Kier alpha value is -2.23. The number of aromatic nitrogens is 1. The van der Waals surface area contributed by atoms with Crippen molar-refractivity contribution >= 4 is 5.97 Å². The van der Waals surface area contributed by atoms with Crippen molar-refractivity contribution in [3.05, 3.63) is 22.9 Å². The summed E-state index contributed by atoms with van der Waals surface area (Å²) in [6.07, 6.45) is -2.96. The molecule has 1 heterocycles. The highest BCUT2D eigenvalue weighted by atomic mass is 19.3. The van der Waals surface area contributed by atoms with Gasteiger partial charge in [-0.25, -0.2) is 18.6 Å². The lowest BCUT2D eigenvalue weighted by Gasteiger charge is -2.11. The van der Waals surface area contributed by atoms with Gasteiger partial charge in [0.05, 0.1) is 24.8 Å². The van der Waals surface area contributed by atoms with Gasteiger partial charge in [0.1, 0.15) is 11.8 Å². The number of pyridine rings is 1. The van der Waals surface area contributed by atoms with E-state index in [0.29, 0.717) is 0 Å². The molecule has 7 heteroatoms. The number of carbonyl (C=O) groups excluding carboxylic acids is 1. The van der Waals surface area contributed by atoms with Gasteiger partial charge < -0.3 is 9.47 Å². The van der Waals surface area contributed by atoms with Crippen LogP contribution < -0.4 is 4.74 Å². The number of carbonyl (C=O) groups is 1. The lowest BCUT2D eigenvalue weighted by Crippen LogP contribution is -2.11. The zero-order valence-corrected chi connectivity index (χ0v) is 9.74. The van der Waals surface area contributed by atoms with Gasteiger partial charge in [-0.2, -0.15) is 5.26 Å². The number of hydrogen-bond acceptors (Lipinski definition) is 5. The molecule has 0 aliphatic rings. The van der Waals surface area contributed by atoms with E-state index >= 15 is 0 Å². The van der Waals surface area contributed by atoms with E-state index in [0.717, 1.165) is 13.2 Å². The van der Waals surface area contributed by atoms with Crippen molar-refractivity contribution in [3.8, 4) is 11.9 Å². The van der Waals surface area contributed by atoms with Crippen LogP contribution in [0.1, 0.15) is 35.0 Å². The van der Waals surface area contributed by atoms with Crippen molar-refractivity contribution < 1.29 is 23.0 Å². The van der Waals surface area contributed by atoms with Crippen LogP contribution in [0, 0.1) is 11.3 Å². The van der Waals surface area contributed by atoms with E-state index in [1.165, 1.54) is 0 Å². The molecule has 0 unspecified atom stereocenters. The molecule has 0 saturated heterocycles. The molecule has 0 aliphatic carbocycles. The van der Waals surface area contributed by atoms with E-state index in [1.807, 2.05) is 0 Å². The Morgan fingerprint density at radius 3 is 2.72 bits per heavy atom. The molecule has 0 N–H and O–H groups in total. The Morgan fingerprint density at radius 2 is 2.28 bits per heavy atom. The van der Waals surface area contributed by atoms with Crippen molar-refractivity contribution in [3.63, 3.8) is 0 Å². The summed E-state index contributed by atoms with van der Waals surface area (Å²) in [6, 6.07) is 2.62. The van der Waals surface area contributed by atoms with Crippen LogP contribution in [0.2, 0.25) is 0 Å². The minimum absolute atomic E-state index is 0.0358. The van der Waals surface area contributed by atoms with Gasteiger partial charge in [-0.15, -0.1) is 0 Å². The monoisotopic (exact) mass is 256 g/mol. The first-order valence-corrected chi connectivity index (χ1v) is 4.99. The highest BCUT2D eigenvalue weighted by Crippen LogP contribution is 2.31. The van der Waals surface area contributed by atoms with Crippen LogP contribution in [0.5, 0.6) is 5.88 Å². The number of nitriles is 1. The standard InChI is InChI=1S/C11H10F2N2O3/c1-3-18-11(16)7-4-6(5-14)15-10(17-2)8(7)9(12)13/h4,9H,3H2,1-2H3. The molecular weight excluding hydrogens is 246 g/mol.